The van der Waals surface area contributed by atoms with E-state index in [2.05, 4.69) is 15.5 Å². The summed E-state index contributed by atoms with van der Waals surface area (Å²) in [5, 5.41) is 3.89. The van der Waals surface area contributed by atoms with E-state index in [4.69, 9.17) is 9.47 Å². The molecule has 1 aromatic carbocycles. The minimum Gasteiger partial charge on any atom is -0.482 e. The van der Waals surface area contributed by atoms with Crippen molar-refractivity contribution in [1.29, 1.82) is 0 Å². The fourth-order valence-corrected chi connectivity index (χ4v) is 1.89. The average molecular weight is 355 g/mol. The highest BCUT2D eigenvalue weighted by molar-refractivity contribution is 5.94. The molecule has 0 radical (unpaired) electrons. The number of nitrogens with one attached hydrogen (secondary N) is 1. The van der Waals surface area contributed by atoms with Crippen LogP contribution in [-0.2, 0) is 9.53 Å². The van der Waals surface area contributed by atoms with Gasteiger partial charge in [0.1, 0.15) is 11.4 Å². The number of hydrazone groups is 1. The second kappa shape index (κ2) is 8.75. The van der Waals surface area contributed by atoms with Crippen LogP contribution in [0.3, 0.4) is 0 Å². The number of carbonyl (C=O) groups excluding carboxylic acids is 2. The van der Waals surface area contributed by atoms with Crippen molar-refractivity contribution in [3.05, 3.63) is 59.9 Å². The van der Waals surface area contributed by atoms with Gasteiger partial charge in [-0.2, -0.15) is 5.10 Å². The number of pyridine rings is 1. The van der Waals surface area contributed by atoms with Crippen molar-refractivity contribution in [3.8, 4) is 5.75 Å². The first-order valence-corrected chi connectivity index (χ1v) is 8.02. The molecule has 0 saturated carbocycles. The van der Waals surface area contributed by atoms with Crippen molar-refractivity contribution in [2.24, 2.45) is 5.10 Å². The third kappa shape index (κ3) is 6.72. The van der Waals surface area contributed by atoms with E-state index in [1.54, 1.807) is 63.4 Å². The summed E-state index contributed by atoms with van der Waals surface area (Å²) in [6.45, 7) is 5.23. The number of hydrogen-bond donors (Lipinski definition) is 1. The van der Waals surface area contributed by atoms with Gasteiger partial charge in [0.25, 0.3) is 5.91 Å². The molecule has 1 amide bonds. The Bertz CT molecular complexity index is 766. The molecule has 0 aliphatic heterocycles. The van der Waals surface area contributed by atoms with Gasteiger partial charge in [0, 0.05) is 12.4 Å². The van der Waals surface area contributed by atoms with Crippen LogP contribution in [0.5, 0.6) is 5.75 Å². The van der Waals surface area contributed by atoms with Gasteiger partial charge in [0.2, 0.25) is 0 Å². The number of esters is 1. The lowest BCUT2D eigenvalue weighted by atomic mass is 10.2. The summed E-state index contributed by atoms with van der Waals surface area (Å²) in [6, 6.07) is 10.2. The number of aromatic nitrogens is 1. The Labute approximate surface area is 152 Å². The third-order valence-corrected chi connectivity index (χ3v) is 2.96. The number of amides is 1. The molecule has 136 valence electrons. The number of benzene rings is 1. The van der Waals surface area contributed by atoms with Crippen molar-refractivity contribution in [2.45, 2.75) is 26.4 Å². The first kappa shape index (κ1) is 19.1. The van der Waals surface area contributed by atoms with E-state index < -0.39 is 11.6 Å². The van der Waals surface area contributed by atoms with Gasteiger partial charge in [-0.1, -0.05) is 0 Å². The van der Waals surface area contributed by atoms with Crippen molar-refractivity contribution >= 4 is 18.1 Å². The monoisotopic (exact) mass is 355 g/mol. The lowest BCUT2D eigenvalue weighted by Gasteiger charge is -2.19. The van der Waals surface area contributed by atoms with Gasteiger partial charge < -0.3 is 9.47 Å². The maximum atomic E-state index is 11.8. The van der Waals surface area contributed by atoms with E-state index >= 15 is 0 Å². The Morgan fingerprint density at radius 2 is 1.92 bits per heavy atom. The molecule has 0 saturated heterocycles. The summed E-state index contributed by atoms with van der Waals surface area (Å²) in [7, 11) is 0. The Hall–Kier alpha value is -3.22. The predicted octanol–water partition coefficient (Wildman–Crippen LogP) is 2.57. The first-order valence-electron chi connectivity index (χ1n) is 8.02. The van der Waals surface area contributed by atoms with Gasteiger partial charge in [-0.15, -0.1) is 0 Å². The minimum absolute atomic E-state index is 0.161. The van der Waals surface area contributed by atoms with E-state index in [-0.39, 0.29) is 12.5 Å². The molecule has 0 aliphatic rings. The summed E-state index contributed by atoms with van der Waals surface area (Å²) < 4.78 is 10.5. The van der Waals surface area contributed by atoms with E-state index in [1.807, 2.05) is 0 Å². The second-order valence-corrected chi connectivity index (χ2v) is 6.38. The lowest BCUT2D eigenvalue weighted by Crippen LogP contribution is -2.27. The van der Waals surface area contributed by atoms with Gasteiger partial charge in [-0.05, 0) is 62.7 Å². The Morgan fingerprint density at radius 1 is 1.19 bits per heavy atom. The topological polar surface area (TPSA) is 89.9 Å². The van der Waals surface area contributed by atoms with Crippen molar-refractivity contribution in [1.82, 2.24) is 10.4 Å². The van der Waals surface area contributed by atoms with Gasteiger partial charge in [0.15, 0.2) is 6.61 Å². The third-order valence-electron chi connectivity index (χ3n) is 2.96. The zero-order chi connectivity index (χ0) is 19.0. The van der Waals surface area contributed by atoms with Gasteiger partial charge in [-0.25, -0.2) is 10.2 Å². The van der Waals surface area contributed by atoms with Gasteiger partial charge in [0.05, 0.1) is 11.8 Å². The summed E-state index contributed by atoms with van der Waals surface area (Å²) in [5.74, 6) is -0.236. The molecule has 2 aromatic rings. The minimum atomic E-state index is -0.541. The standard InChI is InChI=1S/C19H21N3O4/c1-19(2,3)26-17(23)13-25-16-8-6-14(7-9-16)11-21-22-18(24)15-5-4-10-20-12-15/h4-12H,13H2,1-3H3,(H,22,24)/b21-11-. The first-order chi connectivity index (χ1) is 12.3. The molecule has 1 N–H and O–H groups in total. The fraction of sp³-hybridized carbons (Fsp3) is 0.263. The number of nitrogens with zero attached hydrogens (tertiary/aromatic N) is 2. The normalized spacial score (nSPS) is 11.2. The highest BCUT2D eigenvalue weighted by Gasteiger charge is 2.16. The molecule has 7 nitrogen and oxygen atoms in total. The Balaban J connectivity index is 1.81. The van der Waals surface area contributed by atoms with Crippen LogP contribution in [0.25, 0.3) is 0 Å². The van der Waals surface area contributed by atoms with E-state index in [0.717, 1.165) is 5.56 Å². The molecule has 0 fully saturated rings. The zero-order valence-corrected chi connectivity index (χ0v) is 14.9. The summed E-state index contributed by atoms with van der Waals surface area (Å²) in [5.41, 5.74) is 3.07. The molecule has 0 aliphatic carbocycles. The van der Waals surface area contributed by atoms with Gasteiger partial charge in [-0.3, -0.25) is 9.78 Å². The van der Waals surface area contributed by atoms with Crippen LogP contribution in [0.4, 0.5) is 0 Å². The van der Waals surface area contributed by atoms with Crippen LogP contribution in [0.2, 0.25) is 0 Å². The molecule has 7 heteroatoms. The van der Waals surface area contributed by atoms with Crippen LogP contribution >= 0.6 is 0 Å². The number of ether oxygens (including phenoxy) is 2. The smallest absolute Gasteiger partial charge is 0.344 e. The summed E-state index contributed by atoms with van der Waals surface area (Å²) >= 11 is 0. The quantitative estimate of drug-likeness (QED) is 0.489. The SMILES string of the molecule is CC(C)(C)OC(=O)COc1ccc(/C=N\NC(=O)c2cccnc2)cc1. The second-order valence-electron chi connectivity index (χ2n) is 6.38. The van der Waals surface area contributed by atoms with Crippen LogP contribution in [0, 0.1) is 0 Å². The van der Waals surface area contributed by atoms with Crippen molar-refractivity contribution < 1.29 is 19.1 Å². The van der Waals surface area contributed by atoms with E-state index in [9.17, 15) is 9.59 Å². The number of carbonyl (C=O) groups is 2. The maximum absolute atomic E-state index is 11.8. The van der Waals surface area contributed by atoms with Crippen LogP contribution in [-0.4, -0.2) is 35.3 Å². The highest BCUT2D eigenvalue weighted by atomic mass is 16.6. The molecule has 1 aromatic heterocycles. The molecule has 0 atom stereocenters. The predicted molar refractivity (Wildman–Crippen MR) is 97.1 cm³/mol. The van der Waals surface area contributed by atoms with Crippen LogP contribution < -0.4 is 10.2 Å². The molecule has 0 spiro atoms. The molecule has 0 bridgehead atoms. The molecule has 1 heterocycles. The van der Waals surface area contributed by atoms with Crippen LogP contribution in [0.15, 0.2) is 53.9 Å². The Morgan fingerprint density at radius 3 is 2.54 bits per heavy atom. The van der Waals surface area contributed by atoms with Gasteiger partial charge >= 0.3 is 5.97 Å². The molecule has 2 rings (SSSR count). The van der Waals surface area contributed by atoms with Crippen molar-refractivity contribution in [2.75, 3.05) is 6.61 Å². The maximum Gasteiger partial charge on any atom is 0.344 e. The average Bonchev–Trinajstić information content (AvgIpc) is 2.60. The molecular formula is C19H21N3O4. The highest BCUT2D eigenvalue weighted by Crippen LogP contribution is 2.12. The Kier molecular flexibility index (Phi) is 6.43. The largest absolute Gasteiger partial charge is 0.482 e. The van der Waals surface area contributed by atoms with Crippen LogP contribution in [0.1, 0.15) is 36.7 Å². The van der Waals surface area contributed by atoms with Crippen molar-refractivity contribution in [3.63, 3.8) is 0 Å². The molecule has 0 unspecified atom stereocenters. The molecule has 26 heavy (non-hydrogen) atoms. The summed E-state index contributed by atoms with van der Waals surface area (Å²) in [4.78, 5) is 27.3. The number of rotatable bonds is 6. The van der Waals surface area contributed by atoms with E-state index in [0.29, 0.717) is 11.3 Å². The fourth-order valence-electron chi connectivity index (χ4n) is 1.89. The molecular weight excluding hydrogens is 334 g/mol. The lowest BCUT2D eigenvalue weighted by molar-refractivity contribution is -0.157. The number of hydrogen-bond acceptors (Lipinski definition) is 6. The van der Waals surface area contributed by atoms with E-state index in [1.165, 1.54) is 12.4 Å². The zero-order valence-electron chi connectivity index (χ0n) is 14.9. The summed E-state index contributed by atoms with van der Waals surface area (Å²) in [6.07, 6.45) is 4.56.